The SMILES string of the molecule is Cc1ccc2c(c1)n1c3cccc(Cc4ccc5c(c4)c4ccccc4n5C)c3nc1n2C. The molecule has 3 heterocycles. The zero-order valence-corrected chi connectivity index (χ0v) is 19.0. The van der Waals surface area contributed by atoms with Crippen LogP contribution in [0, 0.1) is 6.92 Å². The number of imidazole rings is 2. The van der Waals surface area contributed by atoms with Crippen LogP contribution in [0.3, 0.4) is 0 Å². The number of hydrogen-bond donors (Lipinski definition) is 0. The Morgan fingerprint density at radius 2 is 1.45 bits per heavy atom. The topological polar surface area (TPSA) is 27.2 Å². The molecule has 0 atom stereocenters. The Balaban J connectivity index is 1.42. The van der Waals surface area contributed by atoms with Crippen LogP contribution in [0.5, 0.6) is 0 Å². The fourth-order valence-corrected chi connectivity index (χ4v) is 5.50. The number of benzene rings is 4. The van der Waals surface area contributed by atoms with Gasteiger partial charge in [-0.05, 0) is 66.4 Å². The van der Waals surface area contributed by atoms with Crippen molar-refractivity contribution in [2.45, 2.75) is 13.3 Å². The second-order valence-corrected chi connectivity index (χ2v) is 9.19. The molecule has 7 rings (SSSR count). The minimum absolute atomic E-state index is 0.858. The number of para-hydroxylation sites is 2. The van der Waals surface area contributed by atoms with E-state index in [0.29, 0.717) is 0 Å². The van der Waals surface area contributed by atoms with Crippen molar-refractivity contribution in [2.75, 3.05) is 0 Å². The summed E-state index contributed by atoms with van der Waals surface area (Å²) in [7, 11) is 4.25. The average Bonchev–Trinajstić information content (AvgIpc) is 3.44. The van der Waals surface area contributed by atoms with E-state index in [9.17, 15) is 0 Å². The van der Waals surface area contributed by atoms with Crippen LogP contribution in [0.15, 0.2) is 78.9 Å². The summed E-state index contributed by atoms with van der Waals surface area (Å²) in [5, 5.41) is 2.62. The van der Waals surface area contributed by atoms with Crippen LogP contribution in [0.2, 0.25) is 0 Å². The van der Waals surface area contributed by atoms with Crippen LogP contribution in [-0.2, 0) is 20.5 Å². The Morgan fingerprint density at radius 3 is 2.36 bits per heavy atom. The molecule has 160 valence electrons. The Labute approximate surface area is 191 Å². The normalized spacial score (nSPS) is 12.2. The molecular weight excluding hydrogens is 404 g/mol. The minimum atomic E-state index is 0.858. The molecule has 0 bridgehead atoms. The van der Waals surface area contributed by atoms with Crippen LogP contribution < -0.4 is 0 Å². The van der Waals surface area contributed by atoms with E-state index in [1.165, 1.54) is 55.0 Å². The molecule has 0 aliphatic rings. The van der Waals surface area contributed by atoms with Crippen LogP contribution in [0.25, 0.3) is 49.7 Å². The number of rotatable bonds is 2. The second-order valence-electron chi connectivity index (χ2n) is 9.19. The lowest BCUT2D eigenvalue weighted by molar-refractivity contribution is 0.973. The molecular formula is C29H24N4. The molecule has 0 aliphatic carbocycles. The standard InChI is InChI=1S/C29H24N4/c1-18-11-13-25-27(15-18)33-26-10-6-7-20(28(26)30-29(33)32(25)3)16-19-12-14-24-22(17-19)21-8-4-5-9-23(21)31(24)2/h4-15,17H,16H2,1-3H3. The van der Waals surface area contributed by atoms with E-state index in [-0.39, 0.29) is 0 Å². The Morgan fingerprint density at radius 1 is 0.667 bits per heavy atom. The maximum atomic E-state index is 5.12. The summed E-state index contributed by atoms with van der Waals surface area (Å²) in [4.78, 5) is 5.12. The van der Waals surface area contributed by atoms with Crippen molar-refractivity contribution >= 4 is 49.7 Å². The summed E-state index contributed by atoms with van der Waals surface area (Å²) in [5.74, 6) is 0.988. The van der Waals surface area contributed by atoms with Crippen LogP contribution >= 0.6 is 0 Å². The van der Waals surface area contributed by atoms with Crippen LogP contribution in [0.4, 0.5) is 0 Å². The summed E-state index contributed by atoms with van der Waals surface area (Å²) in [6.45, 7) is 2.15. The van der Waals surface area contributed by atoms with Crippen molar-refractivity contribution in [1.29, 1.82) is 0 Å². The van der Waals surface area contributed by atoms with Gasteiger partial charge in [0.05, 0.1) is 22.1 Å². The molecule has 0 N–H and O–H groups in total. The summed E-state index contributed by atoms with van der Waals surface area (Å²) < 4.78 is 6.78. The smallest absolute Gasteiger partial charge is 0.215 e. The first-order valence-electron chi connectivity index (χ1n) is 11.4. The van der Waals surface area contributed by atoms with E-state index in [0.717, 1.165) is 17.7 Å². The summed E-state index contributed by atoms with van der Waals surface area (Å²) >= 11 is 0. The highest BCUT2D eigenvalue weighted by molar-refractivity contribution is 6.08. The van der Waals surface area contributed by atoms with Crippen LogP contribution in [0.1, 0.15) is 16.7 Å². The summed E-state index contributed by atoms with van der Waals surface area (Å²) in [6, 6.07) is 28.7. The first-order valence-corrected chi connectivity index (χ1v) is 11.4. The van der Waals surface area contributed by atoms with Gasteiger partial charge in [0.2, 0.25) is 5.78 Å². The number of fused-ring (bicyclic) bond motifs is 8. The van der Waals surface area contributed by atoms with Gasteiger partial charge in [-0.1, -0.05) is 42.5 Å². The molecule has 4 nitrogen and oxygen atoms in total. The van der Waals surface area contributed by atoms with E-state index in [1.807, 2.05) is 0 Å². The van der Waals surface area contributed by atoms with Crippen molar-refractivity contribution in [1.82, 2.24) is 18.5 Å². The zero-order chi connectivity index (χ0) is 22.3. The number of aryl methyl sites for hydroxylation is 3. The van der Waals surface area contributed by atoms with Gasteiger partial charge in [-0.15, -0.1) is 0 Å². The highest BCUT2D eigenvalue weighted by Gasteiger charge is 2.16. The molecule has 4 heteroatoms. The van der Waals surface area contributed by atoms with Crippen molar-refractivity contribution in [3.63, 3.8) is 0 Å². The maximum absolute atomic E-state index is 5.12. The van der Waals surface area contributed by atoms with Crippen molar-refractivity contribution in [3.8, 4) is 0 Å². The minimum Gasteiger partial charge on any atom is -0.344 e. The molecule has 0 aliphatic heterocycles. The van der Waals surface area contributed by atoms with Gasteiger partial charge in [-0.25, -0.2) is 4.98 Å². The van der Waals surface area contributed by atoms with Crippen molar-refractivity contribution in [3.05, 3.63) is 95.6 Å². The van der Waals surface area contributed by atoms with Gasteiger partial charge in [-0.3, -0.25) is 4.40 Å². The molecule has 0 fully saturated rings. The van der Waals surface area contributed by atoms with Crippen molar-refractivity contribution in [2.24, 2.45) is 14.1 Å². The van der Waals surface area contributed by atoms with E-state index < -0.39 is 0 Å². The lowest BCUT2D eigenvalue weighted by Crippen LogP contribution is -1.92. The largest absolute Gasteiger partial charge is 0.344 e. The van der Waals surface area contributed by atoms with E-state index in [2.05, 4.69) is 113 Å². The molecule has 0 saturated heterocycles. The fourth-order valence-electron chi connectivity index (χ4n) is 5.50. The first-order chi connectivity index (χ1) is 16.1. The molecule has 33 heavy (non-hydrogen) atoms. The lowest BCUT2D eigenvalue weighted by Gasteiger charge is -2.05. The fraction of sp³-hybridized carbons (Fsp3) is 0.138. The van der Waals surface area contributed by atoms with Gasteiger partial charge < -0.3 is 9.13 Å². The third kappa shape index (κ3) is 2.49. The zero-order valence-electron chi connectivity index (χ0n) is 19.0. The van der Waals surface area contributed by atoms with Crippen molar-refractivity contribution < 1.29 is 0 Å². The van der Waals surface area contributed by atoms with Gasteiger partial charge in [0, 0.05) is 35.9 Å². The summed E-state index contributed by atoms with van der Waals surface area (Å²) in [5.41, 5.74) is 11.1. The molecule has 7 aromatic rings. The Hall–Kier alpha value is -4.05. The predicted octanol–water partition coefficient (Wildman–Crippen LogP) is 6.52. The van der Waals surface area contributed by atoms with Gasteiger partial charge >= 0.3 is 0 Å². The van der Waals surface area contributed by atoms with Crippen LogP contribution in [-0.4, -0.2) is 18.5 Å². The monoisotopic (exact) mass is 428 g/mol. The maximum Gasteiger partial charge on any atom is 0.215 e. The van der Waals surface area contributed by atoms with E-state index in [1.54, 1.807) is 0 Å². The van der Waals surface area contributed by atoms with Gasteiger partial charge in [-0.2, -0.15) is 0 Å². The average molecular weight is 429 g/mol. The van der Waals surface area contributed by atoms with Gasteiger partial charge in [0.15, 0.2) is 0 Å². The molecule has 4 aromatic carbocycles. The Bertz CT molecular complexity index is 1880. The third-order valence-electron chi connectivity index (χ3n) is 7.16. The predicted molar refractivity (Wildman–Crippen MR) is 137 cm³/mol. The molecule has 0 spiro atoms. The molecule has 0 radical (unpaired) electrons. The second kappa shape index (κ2) is 6.48. The number of nitrogens with zero attached hydrogens (tertiary/aromatic N) is 4. The van der Waals surface area contributed by atoms with Gasteiger partial charge in [0.25, 0.3) is 0 Å². The molecule has 3 aromatic heterocycles. The first kappa shape index (κ1) is 18.5. The lowest BCUT2D eigenvalue weighted by atomic mass is 10.0. The quantitative estimate of drug-likeness (QED) is 0.308. The molecule has 0 saturated carbocycles. The Kier molecular flexibility index (Phi) is 3.64. The molecule has 0 amide bonds. The number of hydrogen-bond acceptors (Lipinski definition) is 1. The third-order valence-corrected chi connectivity index (χ3v) is 7.16. The highest BCUT2D eigenvalue weighted by Crippen LogP contribution is 2.31. The van der Waals surface area contributed by atoms with Gasteiger partial charge in [0.1, 0.15) is 0 Å². The molecule has 0 unspecified atom stereocenters. The van der Waals surface area contributed by atoms with E-state index in [4.69, 9.17) is 4.98 Å². The number of aromatic nitrogens is 4. The van der Waals surface area contributed by atoms with E-state index >= 15 is 0 Å². The summed E-state index contributed by atoms with van der Waals surface area (Å²) in [6.07, 6.45) is 0.858. The highest BCUT2D eigenvalue weighted by atomic mass is 15.2.